The Kier molecular flexibility index (Phi) is 3.06. The molecule has 0 aromatic carbocycles. The monoisotopic (exact) mass is 179 g/mol. The molecular formula is C10H10ClN. The molecule has 0 N–H and O–H groups in total. The first-order valence-electron chi connectivity index (χ1n) is 3.68. The second kappa shape index (κ2) is 4.07. The second-order valence-corrected chi connectivity index (χ2v) is 2.77. The highest BCUT2D eigenvalue weighted by Gasteiger charge is 2.01. The Bertz CT molecular complexity index is 306. The van der Waals surface area contributed by atoms with Crippen LogP contribution in [-0.4, -0.2) is 5.71 Å². The molecule has 0 saturated carbocycles. The Labute approximate surface area is 77.5 Å². The maximum atomic E-state index is 5.57. The molecule has 0 aromatic rings. The van der Waals surface area contributed by atoms with Crippen LogP contribution in [-0.2, 0) is 0 Å². The molecule has 1 aliphatic carbocycles. The van der Waals surface area contributed by atoms with Crippen molar-refractivity contribution in [3.05, 3.63) is 47.7 Å². The van der Waals surface area contributed by atoms with Gasteiger partial charge in [0.2, 0.25) is 0 Å². The summed E-state index contributed by atoms with van der Waals surface area (Å²) in [7, 11) is 0. The molecular weight excluding hydrogens is 170 g/mol. The summed E-state index contributed by atoms with van der Waals surface area (Å²) in [5.41, 5.74) is 1.93. The number of aliphatic imine (C=N–C) groups is 1. The third kappa shape index (κ3) is 2.21. The van der Waals surface area contributed by atoms with E-state index in [-0.39, 0.29) is 0 Å². The molecule has 0 radical (unpaired) electrons. The fourth-order valence-corrected chi connectivity index (χ4v) is 1.06. The first kappa shape index (κ1) is 9.01. The zero-order chi connectivity index (χ0) is 8.97. The fraction of sp³-hybridized carbons (Fsp3) is 0.100. The van der Waals surface area contributed by atoms with Gasteiger partial charge < -0.3 is 0 Å². The minimum absolute atomic E-state index is 0.310. The zero-order valence-electron chi connectivity index (χ0n) is 6.92. The second-order valence-electron chi connectivity index (χ2n) is 2.34. The Balaban J connectivity index is 2.98. The van der Waals surface area contributed by atoms with Gasteiger partial charge in [-0.2, -0.15) is 0 Å². The van der Waals surface area contributed by atoms with Crippen molar-refractivity contribution in [3.8, 4) is 0 Å². The van der Waals surface area contributed by atoms with Crippen molar-refractivity contribution in [2.24, 2.45) is 4.99 Å². The summed E-state index contributed by atoms with van der Waals surface area (Å²) in [6.45, 7) is 5.47. The van der Waals surface area contributed by atoms with Crippen LogP contribution in [0.2, 0.25) is 0 Å². The van der Waals surface area contributed by atoms with Gasteiger partial charge in [-0.25, -0.2) is 4.99 Å². The van der Waals surface area contributed by atoms with Crippen molar-refractivity contribution < 1.29 is 0 Å². The Morgan fingerprint density at radius 1 is 1.50 bits per heavy atom. The van der Waals surface area contributed by atoms with Crippen molar-refractivity contribution in [2.75, 3.05) is 0 Å². The number of allylic oxidation sites excluding steroid dienone is 6. The fourth-order valence-electron chi connectivity index (χ4n) is 0.964. The van der Waals surface area contributed by atoms with Crippen LogP contribution in [0.15, 0.2) is 52.7 Å². The smallest absolute Gasteiger partial charge is 0.122 e. The van der Waals surface area contributed by atoms with Crippen LogP contribution in [0.25, 0.3) is 0 Å². The van der Waals surface area contributed by atoms with Gasteiger partial charge in [-0.15, -0.1) is 0 Å². The SMILES string of the molecule is C=C(Cl)N=C1C=CC=C/C1=C/C. The molecule has 1 rings (SSSR count). The van der Waals surface area contributed by atoms with Gasteiger partial charge in [-0.3, -0.25) is 0 Å². The molecule has 0 fully saturated rings. The maximum absolute atomic E-state index is 5.57. The molecule has 0 spiro atoms. The van der Waals surface area contributed by atoms with Crippen LogP contribution >= 0.6 is 11.6 Å². The lowest BCUT2D eigenvalue weighted by molar-refractivity contribution is 1.49. The van der Waals surface area contributed by atoms with E-state index in [0.29, 0.717) is 5.16 Å². The van der Waals surface area contributed by atoms with Gasteiger partial charge in [0.05, 0.1) is 5.71 Å². The predicted molar refractivity (Wildman–Crippen MR) is 54.5 cm³/mol. The summed E-state index contributed by atoms with van der Waals surface area (Å²) in [4.78, 5) is 4.07. The molecule has 0 bridgehead atoms. The third-order valence-corrected chi connectivity index (χ3v) is 1.57. The molecule has 0 amide bonds. The lowest BCUT2D eigenvalue weighted by Crippen LogP contribution is -1.99. The number of rotatable bonds is 1. The molecule has 1 nitrogen and oxygen atoms in total. The van der Waals surface area contributed by atoms with Gasteiger partial charge in [-0.05, 0) is 18.6 Å². The van der Waals surface area contributed by atoms with Crippen LogP contribution < -0.4 is 0 Å². The van der Waals surface area contributed by atoms with Crippen molar-refractivity contribution >= 4 is 17.3 Å². The molecule has 0 heterocycles. The third-order valence-electron chi connectivity index (χ3n) is 1.49. The molecule has 62 valence electrons. The lowest BCUT2D eigenvalue weighted by atomic mass is 10.1. The van der Waals surface area contributed by atoms with E-state index in [4.69, 9.17) is 11.6 Å². The van der Waals surface area contributed by atoms with E-state index in [1.165, 1.54) is 0 Å². The van der Waals surface area contributed by atoms with Crippen LogP contribution in [0.1, 0.15) is 6.92 Å². The number of nitrogens with zero attached hydrogens (tertiary/aromatic N) is 1. The van der Waals surface area contributed by atoms with Gasteiger partial charge in [0.1, 0.15) is 5.16 Å². The van der Waals surface area contributed by atoms with Gasteiger partial charge >= 0.3 is 0 Å². The Morgan fingerprint density at radius 3 is 2.75 bits per heavy atom. The number of halogens is 1. The molecule has 2 heteroatoms. The van der Waals surface area contributed by atoms with E-state index in [1.54, 1.807) is 0 Å². The summed E-state index contributed by atoms with van der Waals surface area (Å²) in [5.74, 6) is 0. The van der Waals surface area contributed by atoms with Gasteiger partial charge in [0, 0.05) is 0 Å². The van der Waals surface area contributed by atoms with Gasteiger partial charge in [-0.1, -0.05) is 42.5 Å². The molecule has 12 heavy (non-hydrogen) atoms. The Morgan fingerprint density at radius 2 is 2.17 bits per heavy atom. The molecule has 0 aliphatic heterocycles. The van der Waals surface area contributed by atoms with E-state index in [2.05, 4.69) is 11.6 Å². The highest BCUT2D eigenvalue weighted by atomic mass is 35.5. The average molecular weight is 180 g/mol. The molecule has 0 saturated heterocycles. The highest BCUT2D eigenvalue weighted by molar-refractivity contribution is 6.30. The van der Waals surface area contributed by atoms with E-state index in [0.717, 1.165) is 11.3 Å². The minimum atomic E-state index is 0.310. The number of hydrogen-bond donors (Lipinski definition) is 0. The van der Waals surface area contributed by atoms with Crippen LogP contribution in [0, 0.1) is 0 Å². The minimum Gasteiger partial charge on any atom is -0.237 e. The van der Waals surface area contributed by atoms with Crippen molar-refractivity contribution in [3.63, 3.8) is 0 Å². The predicted octanol–water partition coefficient (Wildman–Crippen LogP) is 3.21. The Hall–Kier alpha value is -1.08. The molecule has 0 unspecified atom stereocenters. The van der Waals surface area contributed by atoms with E-state index >= 15 is 0 Å². The van der Waals surface area contributed by atoms with E-state index < -0.39 is 0 Å². The summed E-state index contributed by atoms with van der Waals surface area (Å²) in [6, 6.07) is 0. The van der Waals surface area contributed by atoms with Crippen molar-refractivity contribution in [1.82, 2.24) is 0 Å². The van der Waals surface area contributed by atoms with Gasteiger partial charge in [0.15, 0.2) is 0 Å². The molecule has 1 aliphatic rings. The van der Waals surface area contributed by atoms with E-state index in [1.807, 2.05) is 37.3 Å². The lowest BCUT2D eigenvalue weighted by Gasteiger charge is -2.04. The van der Waals surface area contributed by atoms with Crippen LogP contribution in [0.3, 0.4) is 0 Å². The van der Waals surface area contributed by atoms with Gasteiger partial charge in [0.25, 0.3) is 0 Å². The first-order chi connectivity index (χ1) is 5.74. The number of hydrogen-bond acceptors (Lipinski definition) is 1. The summed E-state index contributed by atoms with van der Waals surface area (Å²) in [5, 5.41) is 0.310. The summed E-state index contributed by atoms with van der Waals surface area (Å²) < 4.78 is 0. The van der Waals surface area contributed by atoms with Crippen LogP contribution in [0.4, 0.5) is 0 Å². The molecule has 0 aromatic heterocycles. The largest absolute Gasteiger partial charge is 0.237 e. The van der Waals surface area contributed by atoms with Crippen molar-refractivity contribution in [2.45, 2.75) is 6.92 Å². The van der Waals surface area contributed by atoms with Crippen molar-refractivity contribution in [1.29, 1.82) is 0 Å². The molecule has 0 atom stereocenters. The zero-order valence-corrected chi connectivity index (χ0v) is 7.67. The normalized spacial score (nSPS) is 22.2. The maximum Gasteiger partial charge on any atom is 0.122 e. The van der Waals surface area contributed by atoms with E-state index in [9.17, 15) is 0 Å². The topological polar surface area (TPSA) is 12.4 Å². The quantitative estimate of drug-likeness (QED) is 0.549. The average Bonchev–Trinajstić information content (AvgIpc) is 2.04. The van der Waals surface area contributed by atoms with Crippen LogP contribution in [0.5, 0.6) is 0 Å². The summed E-state index contributed by atoms with van der Waals surface area (Å²) in [6.07, 6.45) is 9.76. The highest BCUT2D eigenvalue weighted by Crippen LogP contribution is 2.11. The summed E-state index contributed by atoms with van der Waals surface area (Å²) >= 11 is 5.57. The first-order valence-corrected chi connectivity index (χ1v) is 4.06. The standard InChI is InChI=1S/C10H10ClN/c1-3-9-6-4-5-7-10(9)12-8(2)11/h3-7H,2H2,1H3/b9-3-,12-10?.